The van der Waals surface area contributed by atoms with Crippen molar-refractivity contribution in [2.45, 2.75) is 37.8 Å². The zero-order valence-electron chi connectivity index (χ0n) is 11.2. The lowest BCUT2D eigenvalue weighted by molar-refractivity contribution is -0.208. The number of β-amino-alcohol motifs (C(OH)–C–C–N with tert-alkyl or cyclic N) is 1. The molecule has 1 aliphatic heterocycles. The maximum absolute atomic E-state index is 12.4. The van der Waals surface area contributed by atoms with Gasteiger partial charge in [0.2, 0.25) is 0 Å². The van der Waals surface area contributed by atoms with Crippen LogP contribution in [0.3, 0.4) is 0 Å². The van der Waals surface area contributed by atoms with E-state index in [2.05, 4.69) is 0 Å². The minimum atomic E-state index is -4.59. The molecule has 2 rings (SSSR count). The summed E-state index contributed by atoms with van der Waals surface area (Å²) in [5.41, 5.74) is 0. The third kappa shape index (κ3) is 3.53. The number of likely N-dealkylation sites (tertiary alicyclic amines) is 1. The minimum Gasteiger partial charge on any atom is -0.462 e. The summed E-state index contributed by atoms with van der Waals surface area (Å²) >= 11 is 0. The Labute approximate surface area is 115 Å². The van der Waals surface area contributed by atoms with Crippen LogP contribution in [0.25, 0.3) is 0 Å². The Balaban J connectivity index is 2.03. The van der Waals surface area contributed by atoms with Crippen molar-refractivity contribution in [1.82, 2.24) is 4.90 Å². The lowest BCUT2D eigenvalue weighted by atomic mass is 10.1. The zero-order valence-corrected chi connectivity index (χ0v) is 11.2. The van der Waals surface area contributed by atoms with Crippen LogP contribution in [-0.2, 0) is 11.3 Å². The van der Waals surface area contributed by atoms with Gasteiger partial charge in [-0.1, -0.05) is 0 Å². The molecule has 1 saturated heterocycles. The maximum Gasteiger partial charge on any atom is 0.415 e. The molecule has 1 N–H and O–H groups in total. The van der Waals surface area contributed by atoms with E-state index >= 15 is 0 Å². The average Bonchev–Trinajstić information content (AvgIpc) is 2.97. The van der Waals surface area contributed by atoms with Crippen LogP contribution < -0.4 is 0 Å². The van der Waals surface area contributed by atoms with Crippen molar-refractivity contribution >= 4 is 0 Å². The smallest absolute Gasteiger partial charge is 0.415 e. The van der Waals surface area contributed by atoms with E-state index in [0.717, 1.165) is 12.8 Å². The third-order valence-corrected chi connectivity index (χ3v) is 3.45. The fraction of sp³-hybridized carbons (Fsp3) is 0.692. The number of aliphatic hydroxyl groups excluding tert-OH is 1. The predicted octanol–water partition coefficient (Wildman–Crippen LogP) is 2.49. The van der Waals surface area contributed by atoms with Gasteiger partial charge >= 0.3 is 6.18 Å². The SMILES string of the molecule is COCc1ccc([C@@H]2CCCN2C[C@H](O)C(F)(F)F)o1. The van der Waals surface area contributed by atoms with Gasteiger partial charge in [0, 0.05) is 13.7 Å². The summed E-state index contributed by atoms with van der Waals surface area (Å²) in [6.07, 6.45) is -5.39. The second-order valence-corrected chi connectivity index (χ2v) is 4.95. The van der Waals surface area contributed by atoms with E-state index in [1.807, 2.05) is 0 Å². The monoisotopic (exact) mass is 293 g/mol. The van der Waals surface area contributed by atoms with Crippen molar-refractivity contribution in [3.8, 4) is 0 Å². The number of aliphatic hydroxyl groups is 1. The molecule has 0 amide bonds. The van der Waals surface area contributed by atoms with E-state index in [1.54, 1.807) is 24.1 Å². The average molecular weight is 293 g/mol. The Hall–Kier alpha value is -1.05. The summed E-state index contributed by atoms with van der Waals surface area (Å²) in [6, 6.07) is 3.31. The highest BCUT2D eigenvalue weighted by atomic mass is 19.4. The van der Waals surface area contributed by atoms with Gasteiger partial charge in [-0.05, 0) is 31.5 Å². The van der Waals surface area contributed by atoms with Gasteiger partial charge in [-0.2, -0.15) is 13.2 Å². The highest BCUT2D eigenvalue weighted by Gasteiger charge is 2.41. The molecule has 1 aromatic heterocycles. The molecule has 4 nitrogen and oxygen atoms in total. The lowest BCUT2D eigenvalue weighted by Crippen LogP contribution is -2.40. The van der Waals surface area contributed by atoms with Crippen molar-refractivity contribution in [2.24, 2.45) is 0 Å². The Morgan fingerprint density at radius 2 is 2.25 bits per heavy atom. The van der Waals surface area contributed by atoms with Gasteiger partial charge < -0.3 is 14.3 Å². The van der Waals surface area contributed by atoms with Crippen molar-refractivity contribution in [1.29, 1.82) is 0 Å². The highest BCUT2D eigenvalue weighted by molar-refractivity contribution is 5.12. The van der Waals surface area contributed by atoms with E-state index in [9.17, 15) is 18.3 Å². The molecule has 0 aromatic carbocycles. The summed E-state index contributed by atoms with van der Waals surface area (Å²) < 4.78 is 47.8. The zero-order chi connectivity index (χ0) is 14.8. The van der Waals surface area contributed by atoms with E-state index in [4.69, 9.17) is 9.15 Å². The molecular formula is C13H18F3NO3. The van der Waals surface area contributed by atoms with Crippen LogP contribution in [0, 0.1) is 0 Å². The van der Waals surface area contributed by atoms with Crippen LogP contribution in [0.1, 0.15) is 30.4 Å². The Morgan fingerprint density at radius 1 is 1.50 bits per heavy atom. The number of hydrogen-bond donors (Lipinski definition) is 1. The van der Waals surface area contributed by atoms with E-state index < -0.39 is 18.8 Å². The van der Waals surface area contributed by atoms with Crippen molar-refractivity contribution < 1.29 is 27.4 Å². The van der Waals surface area contributed by atoms with Crippen molar-refractivity contribution in [3.05, 3.63) is 23.7 Å². The molecule has 7 heteroatoms. The predicted molar refractivity (Wildman–Crippen MR) is 65.0 cm³/mol. The summed E-state index contributed by atoms with van der Waals surface area (Å²) in [6.45, 7) is 0.435. The first-order valence-electron chi connectivity index (χ1n) is 6.48. The fourth-order valence-electron chi connectivity index (χ4n) is 2.49. The minimum absolute atomic E-state index is 0.211. The van der Waals surface area contributed by atoms with Gasteiger partial charge in [-0.3, -0.25) is 4.90 Å². The van der Waals surface area contributed by atoms with Crippen LogP contribution >= 0.6 is 0 Å². The second-order valence-electron chi connectivity index (χ2n) is 4.95. The Bertz CT molecular complexity index is 433. The van der Waals surface area contributed by atoms with Crippen molar-refractivity contribution in [2.75, 3.05) is 20.2 Å². The maximum atomic E-state index is 12.4. The van der Waals surface area contributed by atoms with Gasteiger partial charge in [0.1, 0.15) is 18.1 Å². The normalized spacial score (nSPS) is 22.4. The first-order valence-corrected chi connectivity index (χ1v) is 6.48. The highest BCUT2D eigenvalue weighted by Crippen LogP contribution is 2.34. The van der Waals surface area contributed by atoms with Crippen LogP contribution in [-0.4, -0.2) is 42.5 Å². The molecule has 20 heavy (non-hydrogen) atoms. The topological polar surface area (TPSA) is 45.8 Å². The first-order chi connectivity index (χ1) is 9.41. The number of rotatable bonds is 5. The van der Waals surface area contributed by atoms with Crippen molar-refractivity contribution in [3.63, 3.8) is 0 Å². The van der Waals surface area contributed by atoms with E-state index in [1.165, 1.54) is 0 Å². The van der Waals surface area contributed by atoms with E-state index in [-0.39, 0.29) is 6.04 Å². The largest absolute Gasteiger partial charge is 0.462 e. The molecule has 0 saturated carbocycles. The fourth-order valence-corrected chi connectivity index (χ4v) is 2.49. The van der Waals surface area contributed by atoms with Crippen LogP contribution in [0.2, 0.25) is 0 Å². The number of halogens is 3. The molecule has 1 aromatic rings. The number of furan rings is 1. The molecule has 2 atom stereocenters. The third-order valence-electron chi connectivity index (χ3n) is 3.45. The summed E-state index contributed by atoms with van der Waals surface area (Å²) in [4.78, 5) is 1.62. The van der Waals surface area contributed by atoms with E-state index in [0.29, 0.717) is 24.7 Å². The Kier molecular flexibility index (Phi) is 4.72. The molecule has 114 valence electrons. The molecule has 0 unspecified atom stereocenters. The van der Waals surface area contributed by atoms with Crippen LogP contribution in [0.15, 0.2) is 16.5 Å². The molecule has 1 aliphatic rings. The summed E-state index contributed by atoms with van der Waals surface area (Å²) in [5.74, 6) is 1.27. The molecule has 0 bridgehead atoms. The molecular weight excluding hydrogens is 275 g/mol. The number of alkyl halides is 3. The molecule has 0 aliphatic carbocycles. The number of ether oxygens (including phenoxy) is 1. The van der Waals surface area contributed by atoms with Gasteiger partial charge in [0.15, 0.2) is 6.10 Å². The van der Waals surface area contributed by atoms with Crippen LogP contribution in [0.4, 0.5) is 13.2 Å². The number of methoxy groups -OCH3 is 1. The Morgan fingerprint density at radius 3 is 2.90 bits per heavy atom. The first kappa shape index (κ1) is 15.3. The summed E-state index contributed by atoms with van der Waals surface area (Å²) in [7, 11) is 1.55. The summed E-state index contributed by atoms with van der Waals surface area (Å²) in [5, 5.41) is 9.18. The van der Waals surface area contributed by atoms with Gasteiger partial charge in [-0.25, -0.2) is 0 Å². The molecule has 1 fully saturated rings. The lowest BCUT2D eigenvalue weighted by Gasteiger charge is -2.26. The molecule has 0 radical (unpaired) electrons. The number of hydrogen-bond acceptors (Lipinski definition) is 4. The quantitative estimate of drug-likeness (QED) is 0.906. The van der Waals surface area contributed by atoms with Gasteiger partial charge in [-0.15, -0.1) is 0 Å². The molecule has 0 spiro atoms. The van der Waals surface area contributed by atoms with Crippen LogP contribution in [0.5, 0.6) is 0 Å². The second kappa shape index (κ2) is 6.15. The molecule has 2 heterocycles. The van der Waals surface area contributed by atoms with Gasteiger partial charge in [0.05, 0.1) is 6.04 Å². The standard InChI is InChI=1S/C13H18F3NO3/c1-19-8-9-4-5-11(20-9)10-3-2-6-17(10)7-12(18)13(14,15)16/h4-5,10,12,18H,2-3,6-8H2,1H3/t10-,12-/m0/s1. The number of nitrogens with zero attached hydrogens (tertiary/aromatic N) is 1. The van der Waals surface area contributed by atoms with Gasteiger partial charge in [0.25, 0.3) is 0 Å².